The van der Waals surface area contributed by atoms with Gasteiger partial charge in [0.15, 0.2) is 0 Å². The number of halogens is 2. The van der Waals surface area contributed by atoms with Gasteiger partial charge in [0, 0.05) is 6.04 Å². The van der Waals surface area contributed by atoms with Gasteiger partial charge in [0.1, 0.15) is 4.49 Å². The molecular formula is C14H21Cl2NO. The first-order valence-corrected chi connectivity index (χ1v) is 7.51. The van der Waals surface area contributed by atoms with Crippen LogP contribution in [-0.4, -0.2) is 11.9 Å². The smallest absolute Gasteiger partial charge is 0.224 e. The molecule has 0 heterocycles. The first-order chi connectivity index (χ1) is 8.43. The minimum absolute atomic E-state index is 0.0201. The highest BCUT2D eigenvalue weighted by atomic mass is 35.5. The predicted molar refractivity (Wildman–Crippen MR) is 75.6 cm³/mol. The van der Waals surface area contributed by atoms with Crippen molar-refractivity contribution in [2.24, 2.45) is 17.3 Å². The van der Waals surface area contributed by atoms with Gasteiger partial charge in [0.05, 0.1) is 5.92 Å². The highest BCUT2D eigenvalue weighted by Gasteiger charge is 2.60. The second-order valence-corrected chi connectivity index (χ2v) is 7.13. The van der Waals surface area contributed by atoms with Crippen LogP contribution >= 0.6 is 23.2 Å². The van der Waals surface area contributed by atoms with Crippen LogP contribution < -0.4 is 5.32 Å². The lowest BCUT2D eigenvalue weighted by atomic mass is 9.95. The van der Waals surface area contributed by atoms with Crippen LogP contribution in [-0.2, 0) is 4.79 Å². The number of carbonyl (C=O) groups excluding carboxylic acids is 1. The van der Waals surface area contributed by atoms with E-state index in [-0.39, 0.29) is 27.6 Å². The van der Waals surface area contributed by atoms with Crippen LogP contribution in [0.2, 0.25) is 0 Å². The molecule has 2 atom stereocenters. The normalized spacial score (nSPS) is 30.7. The maximum absolute atomic E-state index is 12.3. The molecule has 0 spiro atoms. The summed E-state index contributed by atoms with van der Waals surface area (Å²) in [5.41, 5.74) is -0.0201. The van der Waals surface area contributed by atoms with Crippen molar-refractivity contribution in [3.63, 3.8) is 0 Å². The average Bonchev–Trinajstić information content (AvgIpc) is 2.80. The van der Waals surface area contributed by atoms with Crippen molar-refractivity contribution < 1.29 is 4.79 Å². The molecule has 102 valence electrons. The van der Waals surface area contributed by atoms with Crippen LogP contribution in [0.25, 0.3) is 0 Å². The van der Waals surface area contributed by atoms with E-state index in [4.69, 9.17) is 23.2 Å². The molecule has 4 heteroatoms. The van der Waals surface area contributed by atoms with E-state index >= 15 is 0 Å². The van der Waals surface area contributed by atoms with Gasteiger partial charge in [0.25, 0.3) is 0 Å². The fourth-order valence-corrected chi connectivity index (χ4v) is 3.43. The van der Waals surface area contributed by atoms with Gasteiger partial charge in [0.2, 0.25) is 5.91 Å². The number of allylic oxidation sites excluding steroid dienone is 1. The number of rotatable bonds is 3. The Morgan fingerprint density at radius 1 is 1.22 bits per heavy atom. The molecule has 0 saturated heterocycles. The molecule has 0 aliphatic heterocycles. The molecule has 2 aliphatic rings. The lowest BCUT2D eigenvalue weighted by Crippen LogP contribution is -2.38. The minimum atomic E-state index is -0.0201. The summed E-state index contributed by atoms with van der Waals surface area (Å²) in [6.45, 7) is 4.19. The van der Waals surface area contributed by atoms with Crippen LogP contribution in [0.15, 0.2) is 10.6 Å². The lowest BCUT2D eigenvalue weighted by molar-refractivity contribution is -0.124. The number of carbonyl (C=O) groups is 1. The third-order valence-electron chi connectivity index (χ3n) is 4.45. The Labute approximate surface area is 119 Å². The van der Waals surface area contributed by atoms with Crippen LogP contribution in [0.5, 0.6) is 0 Å². The molecule has 0 aromatic heterocycles. The topological polar surface area (TPSA) is 29.1 Å². The van der Waals surface area contributed by atoms with Crippen molar-refractivity contribution in [3.8, 4) is 0 Å². The Morgan fingerprint density at radius 2 is 1.83 bits per heavy atom. The molecule has 0 radical (unpaired) electrons. The fourth-order valence-electron chi connectivity index (χ4n) is 3.16. The number of amides is 1. The summed E-state index contributed by atoms with van der Waals surface area (Å²) in [6, 6.07) is 0.374. The molecule has 0 bridgehead atoms. The summed E-state index contributed by atoms with van der Waals surface area (Å²) in [5, 5.41) is 3.19. The van der Waals surface area contributed by atoms with Gasteiger partial charge in [-0.15, -0.1) is 0 Å². The van der Waals surface area contributed by atoms with Crippen molar-refractivity contribution in [1.29, 1.82) is 0 Å². The molecule has 2 fully saturated rings. The van der Waals surface area contributed by atoms with Crippen LogP contribution in [0, 0.1) is 17.3 Å². The predicted octanol–water partition coefficient (Wildman–Crippen LogP) is 4.03. The molecule has 0 aromatic rings. The first kappa shape index (κ1) is 14.2. The van der Waals surface area contributed by atoms with Gasteiger partial charge >= 0.3 is 0 Å². The molecule has 2 nitrogen and oxygen atoms in total. The van der Waals surface area contributed by atoms with Crippen LogP contribution in [0.4, 0.5) is 0 Å². The van der Waals surface area contributed by atoms with Gasteiger partial charge in [-0.25, -0.2) is 0 Å². The molecule has 18 heavy (non-hydrogen) atoms. The Kier molecular flexibility index (Phi) is 4.28. The highest BCUT2D eigenvalue weighted by Crippen LogP contribution is 2.59. The Balaban J connectivity index is 1.91. The van der Waals surface area contributed by atoms with Crippen molar-refractivity contribution in [2.75, 3.05) is 0 Å². The van der Waals surface area contributed by atoms with Crippen molar-refractivity contribution in [1.82, 2.24) is 5.32 Å². The van der Waals surface area contributed by atoms with E-state index in [2.05, 4.69) is 19.2 Å². The zero-order valence-corrected chi connectivity index (χ0v) is 12.5. The summed E-state index contributed by atoms with van der Waals surface area (Å²) >= 11 is 11.4. The van der Waals surface area contributed by atoms with E-state index < -0.39 is 0 Å². The third kappa shape index (κ3) is 3.03. The number of hydrogen-bond acceptors (Lipinski definition) is 1. The highest BCUT2D eigenvalue weighted by molar-refractivity contribution is 6.55. The molecule has 0 unspecified atom stereocenters. The summed E-state index contributed by atoms with van der Waals surface area (Å²) < 4.78 is 0.265. The fraction of sp³-hybridized carbons (Fsp3) is 0.786. The molecule has 1 N–H and O–H groups in total. The van der Waals surface area contributed by atoms with E-state index in [0.29, 0.717) is 6.04 Å². The third-order valence-corrected chi connectivity index (χ3v) is 4.70. The SMILES string of the molecule is CC1(C)[C@H](C=C(Cl)Cl)[C@@H]1C(=O)NC1CCCCC1. The molecule has 2 aliphatic carbocycles. The van der Waals surface area contributed by atoms with E-state index in [0.717, 1.165) is 12.8 Å². The average molecular weight is 290 g/mol. The van der Waals surface area contributed by atoms with Crippen LogP contribution in [0.3, 0.4) is 0 Å². The van der Waals surface area contributed by atoms with E-state index in [1.54, 1.807) is 6.08 Å². The lowest BCUT2D eigenvalue weighted by Gasteiger charge is -2.23. The minimum Gasteiger partial charge on any atom is -0.353 e. The first-order valence-electron chi connectivity index (χ1n) is 6.76. The van der Waals surface area contributed by atoms with Gasteiger partial charge in [-0.2, -0.15) is 0 Å². The van der Waals surface area contributed by atoms with Gasteiger partial charge < -0.3 is 5.32 Å². The van der Waals surface area contributed by atoms with E-state index in [1.807, 2.05) is 0 Å². The number of nitrogens with one attached hydrogen (secondary N) is 1. The number of hydrogen-bond donors (Lipinski definition) is 1. The Bertz CT molecular complexity index is 355. The van der Waals surface area contributed by atoms with E-state index in [1.165, 1.54) is 19.3 Å². The second-order valence-electron chi connectivity index (χ2n) is 6.12. The summed E-state index contributed by atoms with van der Waals surface area (Å²) in [5.74, 6) is 0.362. The maximum Gasteiger partial charge on any atom is 0.224 e. The Morgan fingerprint density at radius 3 is 2.39 bits per heavy atom. The largest absolute Gasteiger partial charge is 0.353 e. The molecular weight excluding hydrogens is 269 g/mol. The quantitative estimate of drug-likeness (QED) is 0.835. The van der Waals surface area contributed by atoms with Crippen molar-refractivity contribution in [3.05, 3.63) is 10.6 Å². The standard InChI is InChI=1S/C14H21Cl2NO/c1-14(2)10(8-11(15)16)12(14)13(18)17-9-6-4-3-5-7-9/h8-10,12H,3-7H2,1-2H3,(H,17,18)/t10-,12-/m1/s1. The molecule has 0 aromatic carbocycles. The van der Waals surface area contributed by atoms with E-state index in [9.17, 15) is 4.79 Å². The van der Waals surface area contributed by atoms with Crippen molar-refractivity contribution in [2.45, 2.75) is 52.0 Å². The molecule has 1 amide bonds. The van der Waals surface area contributed by atoms with Gasteiger partial charge in [-0.3, -0.25) is 4.79 Å². The van der Waals surface area contributed by atoms with Crippen LogP contribution in [0.1, 0.15) is 46.0 Å². The van der Waals surface area contributed by atoms with Gasteiger partial charge in [-0.1, -0.05) is 56.3 Å². The summed E-state index contributed by atoms with van der Waals surface area (Å²) in [4.78, 5) is 12.3. The summed E-state index contributed by atoms with van der Waals surface area (Å²) in [6.07, 6.45) is 7.81. The Hall–Kier alpha value is -0.210. The molecule has 2 rings (SSSR count). The van der Waals surface area contributed by atoms with Crippen molar-refractivity contribution >= 4 is 29.1 Å². The summed E-state index contributed by atoms with van der Waals surface area (Å²) in [7, 11) is 0. The zero-order chi connectivity index (χ0) is 13.3. The monoisotopic (exact) mass is 289 g/mol. The zero-order valence-electron chi connectivity index (χ0n) is 11.0. The molecule has 2 saturated carbocycles. The van der Waals surface area contributed by atoms with Gasteiger partial charge in [-0.05, 0) is 30.3 Å². The maximum atomic E-state index is 12.3. The second kappa shape index (κ2) is 5.42.